The molecule has 2 aromatic rings. The van der Waals surface area contributed by atoms with Crippen LogP contribution in [-0.2, 0) is 16.4 Å². The maximum Gasteiger partial charge on any atom is 0.243 e. The molecular formula is C22H30N2O2S. The second kappa shape index (κ2) is 8.89. The van der Waals surface area contributed by atoms with Crippen molar-refractivity contribution in [3.8, 4) is 0 Å². The van der Waals surface area contributed by atoms with Crippen molar-refractivity contribution >= 4 is 15.7 Å². The SMILES string of the molecule is CC(C)CNc1ccc(S(=O)(=O)N2CCC(Cc3ccccc3)CC2)cc1. The van der Waals surface area contributed by atoms with E-state index in [0.29, 0.717) is 29.8 Å². The lowest BCUT2D eigenvalue weighted by molar-refractivity contribution is 0.273. The number of benzene rings is 2. The minimum Gasteiger partial charge on any atom is -0.385 e. The fraction of sp³-hybridized carbons (Fsp3) is 0.455. The van der Waals surface area contributed by atoms with Gasteiger partial charge < -0.3 is 5.32 Å². The molecule has 0 radical (unpaired) electrons. The summed E-state index contributed by atoms with van der Waals surface area (Å²) in [6.45, 7) is 6.38. The highest BCUT2D eigenvalue weighted by molar-refractivity contribution is 7.89. The van der Waals surface area contributed by atoms with E-state index in [9.17, 15) is 8.42 Å². The summed E-state index contributed by atoms with van der Waals surface area (Å²) in [5.74, 6) is 1.10. The van der Waals surface area contributed by atoms with Crippen molar-refractivity contribution in [3.63, 3.8) is 0 Å². The van der Waals surface area contributed by atoms with E-state index in [2.05, 4.69) is 43.4 Å². The lowest BCUT2D eigenvalue weighted by Gasteiger charge is -2.31. The highest BCUT2D eigenvalue weighted by atomic mass is 32.2. The zero-order valence-electron chi connectivity index (χ0n) is 16.3. The monoisotopic (exact) mass is 386 g/mol. The number of hydrogen-bond donors (Lipinski definition) is 1. The number of nitrogens with zero attached hydrogens (tertiary/aromatic N) is 1. The van der Waals surface area contributed by atoms with Gasteiger partial charge >= 0.3 is 0 Å². The van der Waals surface area contributed by atoms with Gasteiger partial charge in [-0.05, 0) is 60.9 Å². The molecule has 0 saturated carbocycles. The molecule has 1 saturated heterocycles. The minimum atomic E-state index is -3.40. The summed E-state index contributed by atoms with van der Waals surface area (Å²) in [6.07, 6.45) is 2.87. The predicted molar refractivity (Wildman–Crippen MR) is 111 cm³/mol. The maximum absolute atomic E-state index is 12.9. The molecule has 0 atom stereocenters. The molecule has 0 unspecified atom stereocenters. The number of rotatable bonds is 7. The first-order valence-electron chi connectivity index (χ1n) is 9.83. The average Bonchev–Trinajstić information content (AvgIpc) is 2.68. The summed E-state index contributed by atoms with van der Waals surface area (Å²) in [4.78, 5) is 0.388. The number of piperidine rings is 1. The summed E-state index contributed by atoms with van der Waals surface area (Å²) < 4.78 is 27.5. The van der Waals surface area contributed by atoms with Gasteiger partial charge in [-0.1, -0.05) is 44.2 Å². The molecule has 27 heavy (non-hydrogen) atoms. The van der Waals surface area contributed by atoms with E-state index in [4.69, 9.17) is 0 Å². The van der Waals surface area contributed by atoms with Crippen LogP contribution in [0.1, 0.15) is 32.3 Å². The van der Waals surface area contributed by atoms with Gasteiger partial charge in [0.2, 0.25) is 10.0 Å². The van der Waals surface area contributed by atoms with Crippen molar-refractivity contribution < 1.29 is 8.42 Å². The Labute approximate surface area is 163 Å². The number of anilines is 1. The molecule has 0 aliphatic carbocycles. The summed E-state index contributed by atoms with van der Waals surface area (Å²) in [5, 5.41) is 3.32. The Morgan fingerprint density at radius 1 is 1.00 bits per heavy atom. The molecule has 1 N–H and O–H groups in total. The normalized spacial score (nSPS) is 16.6. The van der Waals surface area contributed by atoms with Crippen LogP contribution >= 0.6 is 0 Å². The Hall–Kier alpha value is -1.85. The lowest BCUT2D eigenvalue weighted by atomic mass is 9.91. The van der Waals surface area contributed by atoms with Crippen molar-refractivity contribution in [2.45, 2.75) is 38.0 Å². The number of nitrogens with one attached hydrogen (secondary N) is 1. The Morgan fingerprint density at radius 3 is 2.22 bits per heavy atom. The fourth-order valence-corrected chi connectivity index (χ4v) is 4.99. The highest BCUT2D eigenvalue weighted by Gasteiger charge is 2.29. The molecule has 5 heteroatoms. The molecule has 3 rings (SSSR count). The Balaban J connectivity index is 1.58. The van der Waals surface area contributed by atoms with Crippen molar-refractivity contribution in [2.75, 3.05) is 25.0 Å². The number of hydrogen-bond acceptors (Lipinski definition) is 3. The van der Waals surface area contributed by atoms with Gasteiger partial charge in [0.25, 0.3) is 0 Å². The summed E-state index contributed by atoms with van der Waals surface area (Å²) >= 11 is 0. The van der Waals surface area contributed by atoms with E-state index >= 15 is 0 Å². The van der Waals surface area contributed by atoms with Crippen LogP contribution in [-0.4, -0.2) is 32.4 Å². The smallest absolute Gasteiger partial charge is 0.243 e. The van der Waals surface area contributed by atoms with Gasteiger partial charge in [0.1, 0.15) is 0 Å². The summed E-state index contributed by atoms with van der Waals surface area (Å²) in [6, 6.07) is 17.6. The molecule has 0 amide bonds. The topological polar surface area (TPSA) is 49.4 Å². The van der Waals surface area contributed by atoms with Crippen molar-refractivity contribution in [1.29, 1.82) is 0 Å². The second-order valence-electron chi connectivity index (χ2n) is 7.84. The molecule has 4 nitrogen and oxygen atoms in total. The molecule has 0 spiro atoms. The van der Waals surface area contributed by atoms with Gasteiger partial charge in [0, 0.05) is 25.3 Å². The van der Waals surface area contributed by atoms with E-state index in [1.807, 2.05) is 18.2 Å². The fourth-order valence-electron chi connectivity index (χ4n) is 3.52. The number of sulfonamides is 1. The van der Waals surface area contributed by atoms with Gasteiger partial charge in [0.15, 0.2) is 0 Å². The van der Waals surface area contributed by atoms with Crippen LogP contribution in [0.25, 0.3) is 0 Å². The Bertz CT molecular complexity index is 809. The van der Waals surface area contributed by atoms with E-state index in [1.165, 1.54) is 5.56 Å². The third kappa shape index (κ3) is 5.33. The van der Waals surface area contributed by atoms with Crippen molar-refractivity contribution in [3.05, 3.63) is 60.2 Å². The standard InChI is InChI=1S/C22H30N2O2S/c1-18(2)17-23-21-8-10-22(11-9-21)27(25,26)24-14-12-20(13-15-24)16-19-6-4-3-5-7-19/h3-11,18,20,23H,12-17H2,1-2H3. The van der Waals surface area contributed by atoms with Crippen LogP contribution in [0, 0.1) is 11.8 Å². The summed E-state index contributed by atoms with van der Waals surface area (Å²) in [5.41, 5.74) is 2.30. The zero-order valence-corrected chi connectivity index (χ0v) is 17.1. The van der Waals surface area contributed by atoms with Crippen LogP contribution in [0.5, 0.6) is 0 Å². The van der Waals surface area contributed by atoms with Gasteiger partial charge in [-0.3, -0.25) is 0 Å². The highest BCUT2D eigenvalue weighted by Crippen LogP contribution is 2.26. The molecule has 1 fully saturated rings. The molecule has 0 aromatic heterocycles. The zero-order chi connectivity index (χ0) is 19.3. The maximum atomic E-state index is 12.9. The van der Waals surface area contributed by atoms with Crippen LogP contribution < -0.4 is 5.32 Å². The molecule has 146 valence electrons. The lowest BCUT2D eigenvalue weighted by Crippen LogP contribution is -2.38. The van der Waals surface area contributed by atoms with Crippen LogP contribution in [0.15, 0.2) is 59.5 Å². The van der Waals surface area contributed by atoms with Crippen LogP contribution in [0.4, 0.5) is 5.69 Å². The molecule has 1 aliphatic rings. The minimum absolute atomic E-state index is 0.388. The van der Waals surface area contributed by atoms with Crippen molar-refractivity contribution in [1.82, 2.24) is 4.31 Å². The average molecular weight is 387 g/mol. The van der Waals surface area contributed by atoms with Crippen LogP contribution in [0.3, 0.4) is 0 Å². The summed E-state index contributed by atoms with van der Waals surface area (Å²) in [7, 11) is -3.40. The van der Waals surface area contributed by atoms with Gasteiger partial charge in [0.05, 0.1) is 4.90 Å². The predicted octanol–water partition coefficient (Wildman–Crippen LogP) is 4.40. The van der Waals surface area contributed by atoms with Gasteiger partial charge in [-0.25, -0.2) is 8.42 Å². The molecular weight excluding hydrogens is 356 g/mol. The second-order valence-corrected chi connectivity index (χ2v) is 9.77. The van der Waals surface area contributed by atoms with Gasteiger partial charge in [-0.2, -0.15) is 4.31 Å². The quantitative estimate of drug-likeness (QED) is 0.767. The largest absolute Gasteiger partial charge is 0.385 e. The molecule has 1 aliphatic heterocycles. The van der Waals surface area contributed by atoms with E-state index in [-0.39, 0.29) is 0 Å². The van der Waals surface area contributed by atoms with Crippen molar-refractivity contribution in [2.24, 2.45) is 11.8 Å². The molecule has 1 heterocycles. The molecule has 0 bridgehead atoms. The first-order valence-corrected chi connectivity index (χ1v) is 11.3. The van der Waals surface area contributed by atoms with E-state index < -0.39 is 10.0 Å². The third-order valence-electron chi connectivity index (χ3n) is 5.15. The Kier molecular flexibility index (Phi) is 6.55. The van der Waals surface area contributed by atoms with E-state index in [1.54, 1.807) is 16.4 Å². The first-order chi connectivity index (χ1) is 12.9. The first kappa shape index (κ1) is 19.9. The van der Waals surface area contributed by atoms with Crippen LogP contribution in [0.2, 0.25) is 0 Å². The third-order valence-corrected chi connectivity index (χ3v) is 7.06. The van der Waals surface area contributed by atoms with Gasteiger partial charge in [-0.15, -0.1) is 0 Å². The molecule has 2 aromatic carbocycles. The van der Waals surface area contributed by atoms with E-state index in [0.717, 1.165) is 31.5 Å². The Morgan fingerprint density at radius 2 is 1.63 bits per heavy atom.